The van der Waals surface area contributed by atoms with Gasteiger partial charge in [0, 0.05) is 43.2 Å². The van der Waals surface area contributed by atoms with Gasteiger partial charge >= 0.3 is 6.03 Å². The van der Waals surface area contributed by atoms with Crippen LogP contribution in [0.2, 0.25) is 0 Å². The molecule has 0 aromatic rings. The van der Waals surface area contributed by atoms with Crippen LogP contribution in [0.25, 0.3) is 0 Å². The highest BCUT2D eigenvalue weighted by Gasteiger charge is 2.47. The summed E-state index contributed by atoms with van der Waals surface area (Å²) in [6.45, 7) is 9.03. The lowest BCUT2D eigenvalue weighted by molar-refractivity contribution is 0.0969. The van der Waals surface area contributed by atoms with Crippen molar-refractivity contribution in [1.29, 1.82) is 0 Å². The highest BCUT2D eigenvalue weighted by atomic mass is 16.3. The normalized spacial score (nSPS) is 35.5. The number of urea groups is 1. The van der Waals surface area contributed by atoms with E-state index in [-0.39, 0.29) is 36.2 Å². The average molecular weight is 323 g/mol. The number of nitrogens with zero attached hydrogens (tertiary/aromatic N) is 1. The van der Waals surface area contributed by atoms with E-state index in [2.05, 4.69) is 36.3 Å². The summed E-state index contributed by atoms with van der Waals surface area (Å²) in [7, 11) is 0. The Kier molecular flexibility index (Phi) is 4.88. The van der Waals surface area contributed by atoms with Crippen LogP contribution in [0.15, 0.2) is 0 Å². The minimum atomic E-state index is -0.0322. The molecule has 2 saturated carbocycles. The molecule has 0 aromatic carbocycles. The third-order valence-electron chi connectivity index (χ3n) is 6.38. The van der Waals surface area contributed by atoms with Gasteiger partial charge in [0.15, 0.2) is 0 Å². The first-order valence-electron chi connectivity index (χ1n) is 9.31. The second-order valence-electron chi connectivity index (χ2n) is 8.76. The summed E-state index contributed by atoms with van der Waals surface area (Å²) in [6.07, 6.45) is 5.65. The zero-order valence-corrected chi connectivity index (χ0v) is 14.8. The summed E-state index contributed by atoms with van der Waals surface area (Å²) >= 11 is 0. The molecule has 3 fully saturated rings. The first-order valence-corrected chi connectivity index (χ1v) is 9.31. The molecular formula is C18H33N3O2. The number of amides is 2. The Morgan fingerprint density at radius 2 is 1.74 bits per heavy atom. The minimum absolute atomic E-state index is 0.0322. The van der Waals surface area contributed by atoms with Crippen molar-refractivity contribution < 1.29 is 9.90 Å². The van der Waals surface area contributed by atoms with Crippen molar-refractivity contribution in [3.05, 3.63) is 0 Å². The zero-order valence-electron chi connectivity index (χ0n) is 14.8. The molecule has 3 N–H and O–H groups in total. The molecule has 4 unspecified atom stereocenters. The van der Waals surface area contributed by atoms with E-state index in [9.17, 15) is 9.90 Å². The number of carbonyl (C=O) groups is 1. The Morgan fingerprint density at radius 3 is 2.35 bits per heavy atom. The van der Waals surface area contributed by atoms with Crippen LogP contribution in [0.4, 0.5) is 4.79 Å². The standard InChI is InChI=1S/C18H33N3O2/c1-18(2,3)21-8-6-14(7-9-21)19-17(23)20-16-13-5-4-12(10-13)15(16)11-22/h12-16,22H,4-11H2,1-3H3,(H2,19,20,23). The monoisotopic (exact) mass is 323 g/mol. The Balaban J connectivity index is 1.45. The molecule has 4 atom stereocenters. The Morgan fingerprint density at radius 1 is 1.09 bits per heavy atom. The lowest BCUT2D eigenvalue weighted by Crippen LogP contribution is -2.55. The van der Waals surface area contributed by atoms with Crippen LogP contribution in [0, 0.1) is 17.8 Å². The van der Waals surface area contributed by atoms with Gasteiger partial charge in [-0.1, -0.05) is 0 Å². The predicted molar refractivity (Wildman–Crippen MR) is 91.2 cm³/mol. The van der Waals surface area contributed by atoms with Crippen molar-refractivity contribution >= 4 is 6.03 Å². The number of carbonyl (C=O) groups excluding carboxylic acids is 1. The van der Waals surface area contributed by atoms with Gasteiger partial charge in [-0.15, -0.1) is 0 Å². The molecule has 1 heterocycles. The van der Waals surface area contributed by atoms with Crippen LogP contribution in [-0.4, -0.2) is 53.4 Å². The fourth-order valence-electron chi connectivity index (χ4n) is 4.97. The summed E-state index contributed by atoms with van der Waals surface area (Å²) in [6, 6.07) is 0.420. The second kappa shape index (κ2) is 6.60. The molecule has 5 heteroatoms. The maximum atomic E-state index is 12.4. The first kappa shape index (κ1) is 17.0. The summed E-state index contributed by atoms with van der Waals surface area (Å²) < 4.78 is 0. The van der Waals surface area contributed by atoms with E-state index in [0.717, 1.165) is 25.9 Å². The van der Waals surface area contributed by atoms with Crippen molar-refractivity contribution in [2.75, 3.05) is 19.7 Å². The van der Waals surface area contributed by atoms with Gasteiger partial charge in [0.25, 0.3) is 0 Å². The van der Waals surface area contributed by atoms with E-state index in [4.69, 9.17) is 0 Å². The Bertz CT molecular complexity index is 426. The fourth-order valence-corrected chi connectivity index (χ4v) is 4.97. The molecule has 3 rings (SSSR count). The van der Waals surface area contributed by atoms with Gasteiger partial charge in [-0.25, -0.2) is 4.79 Å². The molecule has 0 radical (unpaired) electrons. The molecule has 0 aromatic heterocycles. The van der Waals surface area contributed by atoms with Gasteiger partial charge in [0.05, 0.1) is 0 Å². The lowest BCUT2D eigenvalue weighted by Gasteiger charge is -2.41. The highest BCUT2D eigenvalue weighted by molar-refractivity contribution is 5.74. The van der Waals surface area contributed by atoms with E-state index in [1.54, 1.807) is 0 Å². The molecule has 23 heavy (non-hydrogen) atoms. The first-order chi connectivity index (χ1) is 10.9. The summed E-state index contributed by atoms with van der Waals surface area (Å²) in [5.74, 6) is 1.46. The molecule has 3 aliphatic rings. The number of likely N-dealkylation sites (tertiary alicyclic amines) is 1. The van der Waals surface area contributed by atoms with Crippen LogP contribution < -0.4 is 10.6 Å². The van der Waals surface area contributed by atoms with Crippen molar-refractivity contribution in [3.63, 3.8) is 0 Å². The van der Waals surface area contributed by atoms with E-state index in [0.29, 0.717) is 11.8 Å². The number of fused-ring (bicyclic) bond motifs is 2. The second-order valence-corrected chi connectivity index (χ2v) is 8.76. The van der Waals surface area contributed by atoms with Crippen molar-refractivity contribution in [2.24, 2.45) is 17.8 Å². The molecule has 5 nitrogen and oxygen atoms in total. The maximum Gasteiger partial charge on any atom is 0.315 e. The average Bonchev–Trinajstić information content (AvgIpc) is 3.07. The smallest absolute Gasteiger partial charge is 0.315 e. The van der Waals surface area contributed by atoms with E-state index in [1.165, 1.54) is 19.3 Å². The number of hydrogen-bond acceptors (Lipinski definition) is 3. The highest BCUT2D eigenvalue weighted by Crippen LogP contribution is 2.48. The number of hydrogen-bond donors (Lipinski definition) is 3. The molecule has 0 spiro atoms. The van der Waals surface area contributed by atoms with Crippen LogP contribution in [0.3, 0.4) is 0 Å². The third-order valence-corrected chi connectivity index (χ3v) is 6.38. The van der Waals surface area contributed by atoms with Crippen molar-refractivity contribution in [2.45, 2.75) is 70.5 Å². The number of piperidine rings is 1. The Labute approximate surface area is 140 Å². The van der Waals surface area contributed by atoms with Crippen molar-refractivity contribution in [3.8, 4) is 0 Å². The number of aliphatic hydroxyl groups is 1. The van der Waals surface area contributed by atoms with Gasteiger partial charge in [0.2, 0.25) is 0 Å². The van der Waals surface area contributed by atoms with Crippen molar-refractivity contribution in [1.82, 2.24) is 15.5 Å². The topological polar surface area (TPSA) is 64.6 Å². The molecule has 2 amide bonds. The van der Waals surface area contributed by atoms with Crippen LogP contribution in [0.5, 0.6) is 0 Å². The Hall–Kier alpha value is -0.810. The van der Waals surface area contributed by atoms with E-state index >= 15 is 0 Å². The zero-order chi connectivity index (χ0) is 16.6. The fraction of sp³-hybridized carbons (Fsp3) is 0.944. The van der Waals surface area contributed by atoms with Gasteiger partial charge < -0.3 is 15.7 Å². The molecule has 2 aliphatic carbocycles. The molecule has 1 saturated heterocycles. The van der Waals surface area contributed by atoms with Crippen LogP contribution >= 0.6 is 0 Å². The summed E-state index contributed by atoms with van der Waals surface area (Å²) in [5, 5.41) is 16.0. The SMILES string of the molecule is CC(C)(C)N1CCC(NC(=O)NC2C3CCC(C3)C2CO)CC1. The number of nitrogens with one attached hydrogen (secondary N) is 2. The summed E-state index contributed by atoms with van der Waals surface area (Å²) in [4.78, 5) is 14.9. The minimum Gasteiger partial charge on any atom is -0.396 e. The van der Waals surface area contributed by atoms with E-state index in [1.807, 2.05) is 0 Å². The quantitative estimate of drug-likeness (QED) is 0.744. The van der Waals surface area contributed by atoms with Crippen LogP contribution in [-0.2, 0) is 0 Å². The molecule has 2 bridgehead atoms. The van der Waals surface area contributed by atoms with Gasteiger partial charge in [-0.2, -0.15) is 0 Å². The van der Waals surface area contributed by atoms with Crippen LogP contribution in [0.1, 0.15) is 52.9 Å². The van der Waals surface area contributed by atoms with Gasteiger partial charge in [-0.05, 0) is 64.7 Å². The predicted octanol–water partition coefficient (Wildman–Crippen LogP) is 1.96. The third kappa shape index (κ3) is 3.66. The number of aliphatic hydroxyl groups excluding tert-OH is 1. The lowest BCUT2D eigenvalue weighted by atomic mass is 9.85. The summed E-state index contributed by atoms with van der Waals surface area (Å²) in [5.41, 5.74) is 0.213. The molecular weight excluding hydrogens is 290 g/mol. The molecule has 132 valence electrons. The van der Waals surface area contributed by atoms with E-state index < -0.39 is 0 Å². The van der Waals surface area contributed by atoms with Gasteiger partial charge in [0.1, 0.15) is 0 Å². The molecule has 1 aliphatic heterocycles. The maximum absolute atomic E-state index is 12.4. The largest absolute Gasteiger partial charge is 0.396 e. The number of rotatable bonds is 3. The van der Waals surface area contributed by atoms with Gasteiger partial charge in [-0.3, -0.25) is 4.90 Å².